The molecule has 0 spiro atoms. The third-order valence-corrected chi connectivity index (χ3v) is 6.93. The quantitative estimate of drug-likeness (QED) is 0.800. The molecule has 2 aromatic heterocycles. The average molecular weight is 345 g/mol. The van der Waals surface area contributed by atoms with E-state index in [0.29, 0.717) is 24.5 Å². The van der Waals surface area contributed by atoms with E-state index in [9.17, 15) is 8.42 Å². The molecule has 0 saturated heterocycles. The molecule has 0 saturated carbocycles. The van der Waals surface area contributed by atoms with Gasteiger partial charge in [-0.15, -0.1) is 22.7 Å². The molecule has 0 amide bonds. The van der Waals surface area contributed by atoms with Crippen LogP contribution in [0.4, 0.5) is 0 Å². The summed E-state index contributed by atoms with van der Waals surface area (Å²) >= 11 is 3.07. The summed E-state index contributed by atoms with van der Waals surface area (Å²) in [5, 5.41) is 6.91. The van der Waals surface area contributed by atoms with E-state index in [1.54, 1.807) is 22.8 Å². The lowest BCUT2D eigenvalue weighted by Gasteiger charge is -2.18. The summed E-state index contributed by atoms with van der Waals surface area (Å²) in [5.74, 6) is 0. The molecule has 0 aliphatic rings. The van der Waals surface area contributed by atoms with Crippen molar-refractivity contribution in [1.82, 2.24) is 9.62 Å². The highest BCUT2D eigenvalue weighted by Crippen LogP contribution is 2.24. The smallest absolute Gasteiger partial charge is 0.244 e. The van der Waals surface area contributed by atoms with Crippen LogP contribution in [0.1, 0.15) is 23.6 Å². The monoisotopic (exact) mass is 344 g/mol. The van der Waals surface area contributed by atoms with E-state index >= 15 is 0 Å². The molecule has 0 aliphatic carbocycles. The molecule has 0 bridgehead atoms. The van der Waals surface area contributed by atoms with Crippen molar-refractivity contribution in [2.45, 2.75) is 31.8 Å². The molecule has 0 aliphatic heterocycles. The molecule has 0 fully saturated rings. The maximum Gasteiger partial charge on any atom is 0.244 e. The van der Waals surface area contributed by atoms with Crippen molar-refractivity contribution < 1.29 is 8.42 Å². The predicted octanol–water partition coefficient (Wildman–Crippen LogP) is 3.13. The van der Waals surface area contributed by atoms with E-state index in [4.69, 9.17) is 0 Å². The standard InChI is InChI=1S/C14H20N2O2S3/c1-3-15-9-13-8-14(11-20-13)21(17,18)16(4-2)10-12-6-5-7-19-12/h5-8,11,15H,3-4,9-10H2,1-2H3. The van der Waals surface area contributed by atoms with Gasteiger partial charge in [0.05, 0.1) is 4.90 Å². The minimum absolute atomic E-state index is 0.402. The zero-order valence-electron chi connectivity index (χ0n) is 12.2. The predicted molar refractivity (Wildman–Crippen MR) is 89.3 cm³/mol. The van der Waals surface area contributed by atoms with Crippen molar-refractivity contribution in [3.63, 3.8) is 0 Å². The van der Waals surface area contributed by atoms with Crippen molar-refractivity contribution >= 4 is 32.7 Å². The van der Waals surface area contributed by atoms with Gasteiger partial charge in [0.1, 0.15) is 0 Å². The second-order valence-corrected chi connectivity index (χ2v) is 8.51. The highest BCUT2D eigenvalue weighted by Gasteiger charge is 2.24. The highest BCUT2D eigenvalue weighted by molar-refractivity contribution is 7.89. The normalized spacial score (nSPS) is 12.1. The molecule has 7 heteroatoms. The van der Waals surface area contributed by atoms with Gasteiger partial charge >= 0.3 is 0 Å². The number of hydrogen-bond acceptors (Lipinski definition) is 5. The van der Waals surface area contributed by atoms with Crippen LogP contribution >= 0.6 is 22.7 Å². The zero-order valence-corrected chi connectivity index (χ0v) is 14.7. The summed E-state index contributed by atoms with van der Waals surface area (Å²) in [6.07, 6.45) is 0. The summed E-state index contributed by atoms with van der Waals surface area (Å²) in [6.45, 7) is 6.41. The van der Waals surface area contributed by atoms with Gasteiger partial charge < -0.3 is 5.32 Å². The molecule has 2 aromatic rings. The van der Waals surface area contributed by atoms with Crippen LogP contribution < -0.4 is 5.32 Å². The number of nitrogens with zero attached hydrogens (tertiary/aromatic N) is 1. The third-order valence-electron chi connectivity index (χ3n) is 3.08. The molecule has 2 rings (SSSR count). The van der Waals surface area contributed by atoms with Crippen LogP contribution in [-0.2, 0) is 23.1 Å². The lowest BCUT2D eigenvalue weighted by atomic mass is 10.4. The molecule has 0 radical (unpaired) electrons. The Hall–Kier alpha value is -0.730. The molecular weight excluding hydrogens is 324 g/mol. The first-order valence-corrected chi connectivity index (χ1v) is 10.1. The fraction of sp³-hybridized carbons (Fsp3) is 0.429. The Morgan fingerprint density at radius 1 is 1.24 bits per heavy atom. The third kappa shape index (κ3) is 4.14. The first-order valence-electron chi connectivity index (χ1n) is 6.88. The Balaban J connectivity index is 2.16. The Bertz CT molecular complexity index is 648. The van der Waals surface area contributed by atoms with Crippen molar-refractivity contribution in [1.29, 1.82) is 0 Å². The summed E-state index contributed by atoms with van der Waals surface area (Å²) in [7, 11) is -3.41. The first-order chi connectivity index (χ1) is 10.1. The van der Waals surface area contributed by atoms with E-state index in [1.807, 2.05) is 31.4 Å². The Morgan fingerprint density at radius 2 is 2.05 bits per heavy atom. The minimum Gasteiger partial charge on any atom is -0.312 e. The number of thiophene rings is 2. The molecule has 21 heavy (non-hydrogen) atoms. The van der Waals surface area contributed by atoms with Gasteiger partial charge in [-0.2, -0.15) is 4.31 Å². The van der Waals surface area contributed by atoms with Crippen LogP contribution in [0, 0.1) is 0 Å². The Kier molecular flexibility index (Phi) is 5.95. The van der Waals surface area contributed by atoms with Crippen molar-refractivity contribution in [2.24, 2.45) is 0 Å². The lowest BCUT2D eigenvalue weighted by Crippen LogP contribution is -2.29. The Labute approximate surface area is 134 Å². The maximum absolute atomic E-state index is 12.7. The summed E-state index contributed by atoms with van der Waals surface area (Å²) < 4.78 is 26.9. The lowest BCUT2D eigenvalue weighted by molar-refractivity contribution is 0.426. The number of sulfonamides is 1. The van der Waals surface area contributed by atoms with E-state index in [-0.39, 0.29) is 0 Å². The fourth-order valence-corrected chi connectivity index (χ4v) is 5.39. The average Bonchev–Trinajstić information content (AvgIpc) is 3.13. The molecule has 0 unspecified atom stereocenters. The van der Waals surface area contributed by atoms with Gasteiger partial charge in [0.15, 0.2) is 0 Å². The molecule has 1 N–H and O–H groups in total. The molecule has 0 atom stereocenters. The number of rotatable bonds is 8. The highest BCUT2D eigenvalue weighted by atomic mass is 32.2. The van der Waals surface area contributed by atoms with Crippen LogP contribution in [0.3, 0.4) is 0 Å². The van der Waals surface area contributed by atoms with Crippen LogP contribution in [0.15, 0.2) is 33.9 Å². The van der Waals surface area contributed by atoms with Crippen LogP contribution in [0.2, 0.25) is 0 Å². The van der Waals surface area contributed by atoms with Crippen molar-refractivity contribution in [3.8, 4) is 0 Å². The van der Waals surface area contributed by atoms with E-state index in [2.05, 4.69) is 5.32 Å². The van der Waals surface area contributed by atoms with Gasteiger partial charge in [-0.3, -0.25) is 0 Å². The molecule has 4 nitrogen and oxygen atoms in total. The van der Waals surface area contributed by atoms with Gasteiger partial charge in [-0.25, -0.2) is 8.42 Å². The van der Waals surface area contributed by atoms with Gasteiger partial charge in [0, 0.05) is 34.8 Å². The Morgan fingerprint density at radius 3 is 2.67 bits per heavy atom. The van der Waals surface area contributed by atoms with Crippen molar-refractivity contribution in [3.05, 3.63) is 38.7 Å². The summed E-state index contributed by atoms with van der Waals surface area (Å²) in [6, 6.07) is 5.69. The van der Waals surface area contributed by atoms with Gasteiger partial charge in [0.25, 0.3) is 0 Å². The topological polar surface area (TPSA) is 49.4 Å². The molecule has 116 valence electrons. The molecule has 0 aromatic carbocycles. The number of hydrogen-bond donors (Lipinski definition) is 1. The van der Waals surface area contributed by atoms with E-state index in [1.165, 1.54) is 15.6 Å². The minimum atomic E-state index is -3.41. The first kappa shape index (κ1) is 16.6. The molecule has 2 heterocycles. The fourth-order valence-electron chi connectivity index (χ4n) is 1.93. The largest absolute Gasteiger partial charge is 0.312 e. The van der Waals surface area contributed by atoms with Gasteiger partial charge in [-0.05, 0) is 24.1 Å². The maximum atomic E-state index is 12.7. The van der Waals surface area contributed by atoms with Crippen molar-refractivity contribution in [2.75, 3.05) is 13.1 Å². The zero-order chi connectivity index (χ0) is 15.3. The summed E-state index contributed by atoms with van der Waals surface area (Å²) in [5.41, 5.74) is 0. The second kappa shape index (κ2) is 7.51. The van der Waals surface area contributed by atoms with E-state index in [0.717, 1.165) is 16.3 Å². The van der Waals surface area contributed by atoms with Crippen LogP contribution in [0.5, 0.6) is 0 Å². The summed E-state index contributed by atoms with van der Waals surface area (Å²) in [4.78, 5) is 2.50. The van der Waals surface area contributed by atoms with Crippen LogP contribution in [0.25, 0.3) is 0 Å². The molecular formula is C14H20N2O2S3. The van der Waals surface area contributed by atoms with Gasteiger partial charge in [0.2, 0.25) is 10.0 Å². The number of nitrogens with one attached hydrogen (secondary N) is 1. The van der Waals surface area contributed by atoms with Crippen LogP contribution in [-0.4, -0.2) is 25.8 Å². The van der Waals surface area contributed by atoms with E-state index < -0.39 is 10.0 Å². The second-order valence-electron chi connectivity index (χ2n) is 4.54. The van der Waals surface area contributed by atoms with Gasteiger partial charge in [-0.1, -0.05) is 19.9 Å². The SMILES string of the molecule is CCNCc1cc(S(=O)(=O)N(CC)Cc2cccs2)cs1.